The van der Waals surface area contributed by atoms with Crippen molar-refractivity contribution in [2.24, 2.45) is 4.99 Å². The van der Waals surface area contributed by atoms with Crippen LogP contribution in [0.4, 0.5) is 0 Å². The molecule has 4 rings (SSSR count). The lowest BCUT2D eigenvalue weighted by molar-refractivity contribution is 0.429. The number of ether oxygens (including phenoxy) is 1. The van der Waals surface area contributed by atoms with Gasteiger partial charge in [0.15, 0.2) is 0 Å². The number of nitrogens with zero attached hydrogens (tertiary/aromatic N) is 2. The first-order valence-corrected chi connectivity index (χ1v) is 6.53. The van der Waals surface area contributed by atoms with Crippen LogP contribution in [0.1, 0.15) is 5.56 Å². The van der Waals surface area contributed by atoms with E-state index in [-0.39, 0.29) is 0 Å². The van der Waals surface area contributed by atoms with Gasteiger partial charge in [-0.3, -0.25) is 9.98 Å². The fraction of sp³-hybridized carbons (Fsp3) is 0.0588. The zero-order valence-electron chi connectivity index (χ0n) is 10.8. The molecule has 0 amide bonds. The van der Waals surface area contributed by atoms with E-state index in [0.717, 1.165) is 33.8 Å². The van der Waals surface area contributed by atoms with Crippen LogP contribution >= 0.6 is 0 Å². The Hall–Kier alpha value is -2.68. The van der Waals surface area contributed by atoms with Crippen molar-refractivity contribution in [3.63, 3.8) is 0 Å². The van der Waals surface area contributed by atoms with Gasteiger partial charge in [-0.25, -0.2) is 0 Å². The molecule has 2 aliphatic rings. The number of rotatable bonds is 1. The van der Waals surface area contributed by atoms with Gasteiger partial charge in [-0.05, 0) is 35.9 Å². The van der Waals surface area contributed by atoms with Crippen molar-refractivity contribution >= 4 is 12.3 Å². The number of dihydropyridines is 1. The molecular weight excluding hydrogens is 248 g/mol. The Morgan fingerprint density at radius 1 is 1.10 bits per heavy atom. The summed E-state index contributed by atoms with van der Waals surface area (Å²) < 4.78 is 5.91. The molecule has 0 bridgehead atoms. The van der Waals surface area contributed by atoms with Gasteiger partial charge < -0.3 is 4.74 Å². The van der Waals surface area contributed by atoms with E-state index < -0.39 is 0 Å². The minimum atomic E-state index is 0.683. The molecule has 0 N–H and O–H groups in total. The number of benzene rings is 1. The van der Waals surface area contributed by atoms with Gasteiger partial charge in [0.1, 0.15) is 11.5 Å². The number of pyridine rings is 1. The highest BCUT2D eigenvalue weighted by Crippen LogP contribution is 2.35. The normalized spacial score (nSPS) is 15.6. The number of hydrogen-bond donors (Lipinski definition) is 0. The van der Waals surface area contributed by atoms with Crippen molar-refractivity contribution in [2.75, 3.05) is 6.54 Å². The van der Waals surface area contributed by atoms with Gasteiger partial charge in [0.2, 0.25) is 0 Å². The van der Waals surface area contributed by atoms with Crippen LogP contribution in [0.3, 0.4) is 0 Å². The molecule has 0 saturated heterocycles. The zero-order chi connectivity index (χ0) is 13.4. The minimum absolute atomic E-state index is 0.683. The third-order valence-electron chi connectivity index (χ3n) is 3.46. The van der Waals surface area contributed by atoms with E-state index in [2.05, 4.69) is 34.3 Å². The van der Waals surface area contributed by atoms with Crippen molar-refractivity contribution in [3.05, 3.63) is 65.7 Å². The summed E-state index contributed by atoms with van der Waals surface area (Å²) in [6.07, 6.45) is 9.51. The summed E-state index contributed by atoms with van der Waals surface area (Å²) in [4.78, 5) is 8.42. The largest absolute Gasteiger partial charge is 0.456 e. The molecule has 2 aromatic rings. The van der Waals surface area contributed by atoms with Crippen LogP contribution in [-0.4, -0.2) is 17.7 Å². The molecule has 1 aromatic heterocycles. The Bertz CT molecular complexity index is 758. The van der Waals surface area contributed by atoms with Crippen molar-refractivity contribution in [1.82, 2.24) is 4.98 Å². The Balaban J connectivity index is 1.80. The van der Waals surface area contributed by atoms with Crippen LogP contribution in [0, 0.1) is 0 Å². The van der Waals surface area contributed by atoms with Crippen LogP contribution in [0.5, 0.6) is 5.75 Å². The summed E-state index contributed by atoms with van der Waals surface area (Å²) in [7, 11) is 0. The van der Waals surface area contributed by atoms with Gasteiger partial charge in [-0.15, -0.1) is 0 Å². The molecule has 20 heavy (non-hydrogen) atoms. The molecule has 3 nitrogen and oxygen atoms in total. The molecule has 3 heteroatoms. The SMILES string of the molecule is C1=NCC2=Cc3cc(-c4cccnc4)ccc3OC2=C1. The molecule has 0 unspecified atom stereocenters. The van der Waals surface area contributed by atoms with Crippen LogP contribution < -0.4 is 4.74 Å². The highest BCUT2D eigenvalue weighted by molar-refractivity contribution is 5.80. The fourth-order valence-electron chi connectivity index (χ4n) is 2.45. The van der Waals surface area contributed by atoms with Crippen LogP contribution in [0.25, 0.3) is 17.2 Å². The van der Waals surface area contributed by atoms with Crippen LogP contribution in [0.15, 0.2) is 65.1 Å². The number of hydrogen-bond acceptors (Lipinski definition) is 3. The summed E-state index contributed by atoms with van der Waals surface area (Å²) in [5, 5.41) is 0. The maximum absolute atomic E-state index is 5.91. The van der Waals surface area contributed by atoms with Gasteiger partial charge in [-0.2, -0.15) is 0 Å². The van der Waals surface area contributed by atoms with Gasteiger partial charge >= 0.3 is 0 Å². The fourth-order valence-corrected chi connectivity index (χ4v) is 2.45. The lowest BCUT2D eigenvalue weighted by Crippen LogP contribution is -2.10. The third kappa shape index (κ3) is 1.84. The lowest BCUT2D eigenvalue weighted by Gasteiger charge is -2.21. The number of allylic oxidation sites excluding steroid dienone is 1. The Morgan fingerprint density at radius 2 is 2.10 bits per heavy atom. The molecule has 0 spiro atoms. The summed E-state index contributed by atoms with van der Waals surface area (Å²) in [5.41, 5.74) is 4.47. The third-order valence-corrected chi connectivity index (χ3v) is 3.46. The first-order chi connectivity index (χ1) is 9.90. The summed E-state index contributed by atoms with van der Waals surface area (Å²) in [6.45, 7) is 0.683. The van der Waals surface area contributed by atoms with E-state index in [1.807, 2.05) is 24.4 Å². The smallest absolute Gasteiger partial charge is 0.134 e. The standard InChI is InChI=1S/C17H12N2O/c1-2-13(10-18-6-1)12-3-4-16-14(8-12)9-15-11-19-7-5-17(15)20-16/h1-10H,11H2. The molecule has 0 aliphatic carbocycles. The average molecular weight is 260 g/mol. The molecule has 3 heterocycles. The first-order valence-electron chi connectivity index (χ1n) is 6.53. The molecule has 0 radical (unpaired) electrons. The Morgan fingerprint density at radius 3 is 3.00 bits per heavy atom. The predicted octanol–water partition coefficient (Wildman–Crippen LogP) is 3.49. The van der Waals surface area contributed by atoms with Gasteiger partial charge in [0.25, 0.3) is 0 Å². The van der Waals surface area contributed by atoms with Crippen molar-refractivity contribution < 1.29 is 4.74 Å². The second-order valence-electron chi connectivity index (χ2n) is 4.79. The zero-order valence-corrected chi connectivity index (χ0v) is 10.8. The van der Waals surface area contributed by atoms with Crippen LogP contribution in [0.2, 0.25) is 0 Å². The Kier molecular flexibility index (Phi) is 2.49. The van der Waals surface area contributed by atoms with E-state index in [1.54, 1.807) is 12.4 Å². The van der Waals surface area contributed by atoms with Crippen molar-refractivity contribution in [2.45, 2.75) is 0 Å². The van der Waals surface area contributed by atoms with E-state index in [1.165, 1.54) is 0 Å². The predicted molar refractivity (Wildman–Crippen MR) is 79.7 cm³/mol. The average Bonchev–Trinajstić information content (AvgIpc) is 2.53. The highest BCUT2D eigenvalue weighted by Gasteiger charge is 2.18. The monoisotopic (exact) mass is 260 g/mol. The number of aliphatic imine (C=N–C) groups is 1. The summed E-state index contributed by atoms with van der Waals surface area (Å²) >= 11 is 0. The lowest BCUT2D eigenvalue weighted by atomic mass is 9.99. The maximum Gasteiger partial charge on any atom is 0.134 e. The molecule has 0 atom stereocenters. The van der Waals surface area contributed by atoms with E-state index in [9.17, 15) is 0 Å². The first kappa shape index (κ1) is 11.2. The summed E-state index contributed by atoms with van der Waals surface area (Å²) in [6, 6.07) is 10.2. The van der Waals surface area contributed by atoms with E-state index >= 15 is 0 Å². The molecule has 2 aliphatic heterocycles. The summed E-state index contributed by atoms with van der Waals surface area (Å²) in [5.74, 6) is 1.80. The van der Waals surface area contributed by atoms with E-state index in [4.69, 9.17) is 4.74 Å². The molecule has 0 saturated carbocycles. The maximum atomic E-state index is 5.91. The van der Waals surface area contributed by atoms with Crippen molar-refractivity contribution in [1.29, 1.82) is 0 Å². The highest BCUT2D eigenvalue weighted by atomic mass is 16.5. The second kappa shape index (κ2) is 4.46. The minimum Gasteiger partial charge on any atom is -0.456 e. The quantitative estimate of drug-likeness (QED) is 0.786. The molecule has 1 aromatic carbocycles. The van der Waals surface area contributed by atoms with E-state index in [0.29, 0.717) is 6.54 Å². The van der Waals surface area contributed by atoms with Gasteiger partial charge in [0, 0.05) is 35.3 Å². The Labute approximate surface area is 117 Å². The molecular formula is C17H12N2O. The topological polar surface area (TPSA) is 34.5 Å². The number of fused-ring (bicyclic) bond motifs is 2. The molecule has 0 fully saturated rings. The number of aromatic nitrogens is 1. The van der Waals surface area contributed by atoms with Gasteiger partial charge in [-0.1, -0.05) is 12.1 Å². The van der Waals surface area contributed by atoms with Crippen LogP contribution in [-0.2, 0) is 0 Å². The van der Waals surface area contributed by atoms with Gasteiger partial charge in [0.05, 0.1) is 6.54 Å². The molecule has 96 valence electrons. The second-order valence-corrected chi connectivity index (χ2v) is 4.79. The van der Waals surface area contributed by atoms with Crippen molar-refractivity contribution in [3.8, 4) is 16.9 Å².